The molecule has 1 atom stereocenters. The molecule has 1 aromatic rings. The van der Waals surface area contributed by atoms with Crippen LogP contribution in [-0.4, -0.2) is 37.4 Å². The Labute approximate surface area is 101 Å². The fraction of sp³-hybridized carbons (Fsp3) is 0.462. The molecule has 1 N–H and O–H groups in total. The summed E-state index contributed by atoms with van der Waals surface area (Å²) in [5.74, 6) is -0.891. The molecule has 1 saturated heterocycles. The molecular weight excluding hydrogens is 218 g/mol. The minimum absolute atomic E-state index is 0.272. The third kappa shape index (κ3) is 2.97. The van der Waals surface area contributed by atoms with Crippen molar-refractivity contribution in [1.82, 2.24) is 0 Å². The van der Waals surface area contributed by atoms with E-state index in [1.807, 2.05) is 18.0 Å². The van der Waals surface area contributed by atoms with Crippen molar-refractivity contribution in [2.75, 3.05) is 25.1 Å². The summed E-state index contributed by atoms with van der Waals surface area (Å²) in [5, 5.41) is 8.93. The molecule has 0 bridgehead atoms. The van der Waals surface area contributed by atoms with Crippen molar-refractivity contribution in [3.05, 3.63) is 29.8 Å². The van der Waals surface area contributed by atoms with Crippen LogP contribution < -0.4 is 4.90 Å². The third-order valence-corrected chi connectivity index (χ3v) is 3.04. The highest BCUT2D eigenvalue weighted by molar-refractivity contribution is 5.88. The predicted octanol–water partition coefficient (Wildman–Crippen LogP) is 2.00. The molecule has 0 spiro atoms. The van der Waals surface area contributed by atoms with E-state index in [4.69, 9.17) is 9.84 Å². The number of anilines is 1. The van der Waals surface area contributed by atoms with Gasteiger partial charge in [0.05, 0.1) is 11.7 Å². The van der Waals surface area contributed by atoms with Crippen molar-refractivity contribution in [1.29, 1.82) is 0 Å². The number of ether oxygens (including phenoxy) is 1. The zero-order valence-electron chi connectivity index (χ0n) is 9.93. The largest absolute Gasteiger partial charge is 0.478 e. The quantitative estimate of drug-likeness (QED) is 0.867. The van der Waals surface area contributed by atoms with Crippen molar-refractivity contribution in [2.24, 2.45) is 0 Å². The molecule has 1 aliphatic heterocycles. The van der Waals surface area contributed by atoms with Crippen LogP contribution in [-0.2, 0) is 4.74 Å². The zero-order valence-corrected chi connectivity index (χ0v) is 9.93. The second-order valence-electron chi connectivity index (χ2n) is 4.37. The molecule has 92 valence electrons. The number of carboxylic acid groups (broad SMARTS) is 1. The van der Waals surface area contributed by atoms with Gasteiger partial charge in [-0.3, -0.25) is 0 Å². The highest BCUT2D eigenvalue weighted by Crippen LogP contribution is 2.19. The first-order valence-corrected chi connectivity index (χ1v) is 5.83. The normalized spacial score (nSPS) is 19.2. The first kappa shape index (κ1) is 11.9. The molecule has 2 rings (SSSR count). The standard InChI is InChI=1S/C13H17NO3/c1-14(9-12-6-3-7-17-12)11-5-2-4-10(8-11)13(15)16/h2,4-5,8,12H,3,6-7,9H2,1H3,(H,15,16). The monoisotopic (exact) mass is 235 g/mol. The van der Waals surface area contributed by atoms with Crippen LogP contribution in [0.25, 0.3) is 0 Å². The van der Waals surface area contributed by atoms with Gasteiger partial charge in [-0.05, 0) is 31.0 Å². The first-order chi connectivity index (χ1) is 8.16. The lowest BCUT2D eigenvalue weighted by atomic mass is 10.1. The molecular formula is C13H17NO3. The Morgan fingerprint density at radius 2 is 2.41 bits per heavy atom. The van der Waals surface area contributed by atoms with Crippen LogP contribution in [0.2, 0.25) is 0 Å². The minimum atomic E-state index is -0.891. The van der Waals surface area contributed by atoms with Crippen LogP contribution in [0.3, 0.4) is 0 Å². The van der Waals surface area contributed by atoms with Gasteiger partial charge in [0.25, 0.3) is 0 Å². The number of carbonyl (C=O) groups is 1. The van der Waals surface area contributed by atoms with E-state index in [9.17, 15) is 4.79 Å². The maximum Gasteiger partial charge on any atom is 0.335 e. The third-order valence-electron chi connectivity index (χ3n) is 3.04. The summed E-state index contributed by atoms with van der Waals surface area (Å²) in [7, 11) is 1.96. The van der Waals surface area contributed by atoms with Crippen molar-refractivity contribution >= 4 is 11.7 Å². The molecule has 4 heteroatoms. The SMILES string of the molecule is CN(CC1CCCO1)c1cccc(C(=O)O)c1. The average molecular weight is 235 g/mol. The molecule has 0 amide bonds. The molecule has 1 aromatic carbocycles. The van der Waals surface area contributed by atoms with E-state index < -0.39 is 5.97 Å². The molecule has 0 radical (unpaired) electrons. The minimum Gasteiger partial charge on any atom is -0.478 e. The molecule has 1 unspecified atom stereocenters. The van der Waals surface area contributed by atoms with Gasteiger partial charge in [0.2, 0.25) is 0 Å². The van der Waals surface area contributed by atoms with Crippen LogP contribution in [0.4, 0.5) is 5.69 Å². The van der Waals surface area contributed by atoms with Gasteiger partial charge in [0.1, 0.15) is 0 Å². The summed E-state index contributed by atoms with van der Waals surface area (Å²) in [4.78, 5) is 12.9. The van der Waals surface area contributed by atoms with Gasteiger partial charge >= 0.3 is 5.97 Å². The molecule has 0 saturated carbocycles. The number of hydrogen-bond acceptors (Lipinski definition) is 3. The summed E-state index contributed by atoms with van der Waals surface area (Å²) in [6.45, 7) is 1.65. The Balaban J connectivity index is 2.04. The van der Waals surface area contributed by atoms with E-state index in [0.29, 0.717) is 5.56 Å². The second-order valence-corrected chi connectivity index (χ2v) is 4.37. The topological polar surface area (TPSA) is 49.8 Å². The van der Waals surface area contributed by atoms with Gasteiger partial charge in [0, 0.05) is 25.9 Å². The van der Waals surface area contributed by atoms with Gasteiger partial charge < -0.3 is 14.7 Å². The lowest BCUT2D eigenvalue weighted by Crippen LogP contribution is -2.28. The lowest BCUT2D eigenvalue weighted by molar-refractivity contribution is 0.0697. The fourth-order valence-electron chi connectivity index (χ4n) is 2.08. The number of rotatable bonds is 4. The van der Waals surface area contributed by atoms with E-state index in [-0.39, 0.29) is 6.10 Å². The molecule has 1 heterocycles. The van der Waals surface area contributed by atoms with E-state index in [1.165, 1.54) is 0 Å². The maximum absolute atomic E-state index is 10.9. The van der Waals surface area contributed by atoms with Crippen molar-refractivity contribution < 1.29 is 14.6 Å². The van der Waals surface area contributed by atoms with Gasteiger partial charge in [-0.2, -0.15) is 0 Å². The number of benzene rings is 1. The highest BCUT2D eigenvalue weighted by Gasteiger charge is 2.17. The number of aromatic carboxylic acids is 1. The van der Waals surface area contributed by atoms with Crippen molar-refractivity contribution in [3.63, 3.8) is 0 Å². The number of nitrogens with zero attached hydrogens (tertiary/aromatic N) is 1. The van der Waals surface area contributed by atoms with Gasteiger partial charge in [-0.1, -0.05) is 6.07 Å². The van der Waals surface area contributed by atoms with Crippen molar-refractivity contribution in [3.8, 4) is 0 Å². The molecule has 0 aromatic heterocycles. The molecule has 0 aliphatic carbocycles. The number of likely N-dealkylation sites (N-methyl/N-ethyl adjacent to an activating group) is 1. The summed E-state index contributed by atoms with van der Waals surface area (Å²) in [5.41, 5.74) is 1.24. The van der Waals surface area contributed by atoms with Gasteiger partial charge in [-0.25, -0.2) is 4.79 Å². The lowest BCUT2D eigenvalue weighted by Gasteiger charge is -2.22. The maximum atomic E-state index is 10.9. The van der Waals surface area contributed by atoms with Crippen LogP contribution in [0, 0.1) is 0 Å². The second kappa shape index (κ2) is 5.19. The Morgan fingerprint density at radius 3 is 3.06 bits per heavy atom. The number of carboxylic acids is 1. The van der Waals surface area contributed by atoms with Gasteiger partial charge in [0.15, 0.2) is 0 Å². The zero-order chi connectivity index (χ0) is 12.3. The Morgan fingerprint density at radius 1 is 1.59 bits per heavy atom. The summed E-state index contributed by atoms with van der Waals surface area (Å²) in [6, 6.07) is 6.98. The van der Waals surface area contributed by atoms with E-state index >= 15 is 0 Å². The van der Waals surface area contributed by atoms with Gasteiger partial charge in [-0.15, -0.1) is 0 Å². The molecule has 4 nitrogen and oxygen atoms in total. The van der Waals surface area contributed by atoms with E-state index in [2.05, 4.69) is 0 Å². The molecule has 1 aliphatic rings. The smallest absolute Gasteiger partial charge is 0.335 e. The summed E-state index contributed by atoms with van der Waals surface area (Å²) < 4.78 is 5.56. The Hall–Kier alpha value is -1.55. The predicted molar refractivity (Wildman–Crippen MR) is 65.6 cm³/mol. The highest BCUT2D eigenvalue weighted by atomic mass is 16.5. The Bertz CT molecular complexity index is 399. The van der Waals surface area contributed by atoms with E-state index in [0.717, 1.165) is 31.7 Å². The Kier molecular flexibility index (Phi) is 3.64. The van der Waals surface area contributed by atoms with Crippen molar-refractivity contribution in [2.45, 2.75) is 18.9 Å². The van der Waals surface area contributed by atoms with Crippen LogP contribution in [0.1, 0.15) is 23.2 Å². The molecule has 1 fully saturated rings. The fourth-order valence-corrected chi connectivity index (χ4v) is 2.08. The van der Waals surface area contributed by atoms with E-state index in [1.54, 1.807) is 18.2 Å². The van der Waals surface area contributed by atoms with Crippen LogP contribution >= 0.6 is 0 Å². The molecule has 17 heavy (non-hydrogen) atoms. The first-order valence-electron chi connectivity index (χ1n) is 5.83. The summed E-state index contributed by atoms with van der Waals surface area (Å²) >= 11 is 0. The van der Waals surface area contributed by atoms with Crippen LogP contribution in [0.15, 0.2) is 24.3 Å². The van der Waals surface area contributed by atoms with Crippen LogP contribution in [0.5, 0.6) is 0 Å². The number of hydrogen-bond donors (Lipinski definition) is 1. The summed E-state index contributed by atoms with van der Waals surface area (Å²) in [6.07, 6.45) is 2.48. The average Bonchev–Trinajstić information content (AvgIpc) is 2.82.